The van der Waals surface area contributed by atoms with E-state index >= 15 is 0 Å². The van der Waals surface area contributed by atoms with Crippen LogP contribution in [0.2, 0.25) is 0 Å². The summed E-state index contributed by atoms with van der Waals surface area (Å²) in [5.74, 6) is 0. The zero-order valence-electron chi connectivity index (χ0n) is 9.92. The molecule has 1 N–H and O–H groups in total. The molecule has 2 fully saturated rings. The van der Waals surface area contributed by atoms with Gasteiger partial charge in [0.1, 0.15) is 0 Å². The van der Waals surface area contributed by atoms with Crippen LogP contribution in [-0.2, 0) is 10.2 Å². The largest absolute Gasteiger partial charge is 0.379 e. The second-order valence-corrected chi connectivity index (χ2v) is 6.20. The summed E-state index contributed by atoms with van der Waals surface area (Å²) in [7, 11) is 0. The third-order valence-electron chi connectivity index (χ3n) is 3.99. The van der Waals surface area contributed by atoms with Crippen molar-refractivity contribution in [3.8, 4) is 0 Å². The molecule has 2 saturated heterocycles. The van der Waals surface area contributed by atoms with Crippen molar-refractivity contribution in [3.63, 3.8) is 0 Å². The molecular weight excluding hydrogens is 278 g/mol. The number of halogens is 1. The van der Waals surface area contributed by atoms with Crippen molar-refractivity contribution in [2.75, 3.05) is 19.8 Å². The van der Waals surface area contributed by atoms with Gasteiger partial charge >= 0.3 is 0 Å². The van der Waals surface area contributed by atoms with Gasteiger partial charge in [-0.05, 0) is 43.5 Å². The zero-order chi connectivity index (χ0) is 11.7. The molecular formula is C14H18BrNO. The van der Waals surface area contributed by atoms with Crippen LogP contribution in [0.3, 0.4) is 0 Å². The molecule has 0 aliphatic carbocycles. The lowest BCUT2D eigenvalue weighted by molar-refractivity contribution is -0.0679. The number of hydrogen-bond donors (Lipinski definition) is 1. The molecule has 92 valence electrons. The Morgan fingerprint density at radius 3 is 2.88 bits per heavy atom. The fourth-order valence-electron chi connectivity index (χ4n) is 2.97. The highest BCUT2D eigenvalue weighted by molar-refractivity contribution is 9.10. The summed E-state index contributed by atoms with van der Waals surface area (Å²) in [6.45, 7) is 2.93. The van der Waals surface area contributed by atoms with Crippen LogP contribution >= 0.6 is 15.9 Å². The summed E-state index contributed by atoms with van der Waals surface area (Å²) in [5.41, 5.74) is 1.68. The highest BCUT2D eigenvalue weighted by Gasteiger charge is 2.42. The van der Waals surface area contributed by atoms with Crippen LogP contribution in [-0.4, -0.2) is 25.8 Å². The van der Waals surface area contributed by atoms with Crippen molar-refractivity contribution in [1.82, 2.24) is 5.32 Å². The number of benzene rings is 1. The summed E-state index contributed by atoms with van der Waals surface area (Å²) >= 11 is 3.56. The number of rotatable bonds is 3. The SMILES string of the molecule is Brc1cccc(C2(CC3CCCN3)COC2)c1. The quantitative estimate of drug-likeness (QED) is 0.926. The fourth-order valence-corrected chi connectivity index (χ4v) is 3.37. The third kappa shape index (κ3) is 2.28. The first-order chi connectivity index (χ1) is 8.28. The van der Waals surface area contributed by atoms with E-state index in [4.69, 9.17) is 4.74 Å². The summed E-state index contributed by atoms with van der Waals surface area (Å²) in [5, 5.41) is 3.60. The van der Waals surface area contributed by atoms with Gasteiger partial charge in [0.15, 0.2) is 0 Å². The first-order valence-electron chi connectivity index (χ1n) is 6.36. The Morgan fingerprint density at radius 2 is 2.29 bits per heavy atom. The molecule has 2 aliphatic heterocycles. The number of hydrogen-bond acceptors (Lipinski definition) is 2. The minimum atomic E-state index is 0.256. The average Bonchev–Trinajstić information content (AvgIpc) is 2.76. The molecule has 0 bridgehead atoms. The van der Waals surface area contributed by atoms with Gasteiger partial charge in [0.05, 0.1) is 13.2 Å². The lowest BCUT2D eigenvalue weighted by Crippen LogP contribution is -2.50. The highest BCUT2D eigenvalue weighted by atomic mass is 79.9. The Morgan fingerprint density at radius 1 is 1.41 bits per heavy atom. The van der Waals surface area contributed by atoms with E-state index in [-0.39, 0.29) is 5.41 Å². The maximum absolute atomic E-state index is 5.50. The summed E-state index contributed by atoms with van der Waals surface area (Å²) < 4.78 is 6.67. The molecule has 0 saturated carbocycles. The van der Waals surface area contributed by atoms with E-state index in [9.17, 15) is 0 Å². The Bertz CT molecular complexity index is 397. The molecule has 1 atom stereocenters. The van der Waals surface area contributed by atoms with Crippen molar-refractivity contribution in [2.45, 2.75) is 30.7 Å². The molecule has 1 aromatic rings. The van der Waals surface area contributed by atoms with Crippen LogP contribution in [0.15, 0.2) is 28.7 Å². The van der Waals surface area contributed by atoms with Gasteiger partial charge in [-0.1, -0.05) is 28.1 Å². The van der Waals surface area contributed by atoms with E-state index in [1.807, 2.05) is 0 Å². The standard InChI is InChI=1S/C14H18BrNO/c15-12-4-1-3-11(7-12)14(9-17-10-14)8-13-5-2-6-16-13/h1,3-4,7,13,16H,2,5-6,8-10H2. The molecule has 3 rings (SSSR count). The highest BCUT2D eigenvalue weighted by Crippen LogP contribution is 2.38. The Labute approximate surface area is 111 Å². The van der Waals surface area contributed by atoms with Crippen LogP contribution < -0.4 is 5.32 Å². The van der Waals surface area contributed by atoms with Crippen LogP contribution in [0.25, 0.3) is 0 Å². The van der Waals surface area contributed by atoms with Gasteiger partial charge in [0.25, 0.3) is 0 Å². The van der Waals surface area contributed by atoms with E-state index in [1.54, 1.807) is 0 Å². The zero-order valence-corrected chi connectivity index (χ0v) is 11.5. The molecule has 1 unspecified atom stereocenters. The van der Waals surface area contributed by atoms with Crippen molar-refractivity contribution in [1.29, 1.82) is 0 Å². The molecule has 0 amide bonds. The molecule has 2 heterocycles. The van der Waals surface area contributed by atoms with Gasteiger partial charge in [-0.25, -0.2) is 0 Å². The van der Waals surface area contributed by atoms with E-state index < -0.39 is 0 Å². The molecule has 1 aromatic carbocycles. The lowest BCUT2D eigenvalue weighted by Gasteiger charge is -2.43. The van der Waals surface area contributed by atoms with Crippen LogP contribution in [0.1, 0.15) is 24.8 Å². The van der Waals surface area contributed by atoms with E-state index in [0.29, 0.717) is 6.04 Å². The second kappa shape index (κ2) is 4.71. The summed E-state index contributed by atoms with van der Waals surface area (Å²) in [6.07, 6.45) is 3.85. The fraction of sp³-hybridized carbons (Fsp3) is 0.571. The molecule has 2 nitrogen and oxygen atoms in total. The minimum absolute atomic E-state index is 0.256. The number of nitrogens with one attached hydrogen (secondary N) is 1. The predicted molar refractivity (Wildman–Crippen MR) is 72.3 cm³/mol. The topological polar surface area (TPSA) is 21.3 Å². The maximum Gasteiger partial charge on any atom is 0.0586 e. The number of ether oxygens (including phenoxy) is 1. The van der Waals surface area contributed by atoms with Crippen molar-refractivity contribution in [3.05, 3.63) is 34.3 Å². The van der Waals surface area contributed by atoms with Crippen LogP contribution in [0.4, 0.5) is 0 Å². The Hall–Kier alpha value is -0.380. The Kier molecular flexibility index (Phi) is 3.24. The molecule has 0 aromatic heterocycles. The molecule has 17 heavy (non-hydrogen) atoms. The lowest BCUT2D eigenvalue weighted by atomic mass is 9.73. The van der Waals surface area contributed by atoms with Gasteiger partial charge in [-0.2, -0.15) is 0 Å². The summed E-state index contributed by atoms with van der Waals surface area (Å²) in [4.78, 5) is 0. The first-order valence-corrected chi connectivity index (χ1v) is 7.15. The van der Waals surface area contributed by atoms with Crippen molar-refractivity contribution >= 4 is 15.9 Å². The Balaban J connectivity index is 1.81. The average molecular weight is 296 g/mol. The minimum Gasteiger partial charge on any atom is -0.379 e. The van der Waals surface area contributed by atoms with Crippen LogP contribution in [0, 0.1) is 0 Å². The van der Waals surface area contributed by atoms with Gasteiger partial charge in [0.2, 0.25) is 0 Å². The van der Waals surface area contributed by atoms with E-state index in [0.717, 1.165) is 13.2 Å². The van der Waals surface area contributed by atoms with Gasteiger partial charge in [-0.15, -0.1) is 0 Å². The first kappa shape index (κ1) is 11.7. The molecule has 0 spiro atoms. The maximum atomic E-state index is 5.50. The van der Waals surface area contributed by atoms with E-state index in [2.05, 4.69) is 45.5 Å². The van der Waals surface area contributed by atoms with Crippen molar-refractivity contribution < 1.29 is 4.74 Å². The van der Waals surface area contributed by atoms with Crippen molar-refractivity contribution in [2.24, 2.45) is 0 Å². The summed E-state index contributed by atoms with van der Waals surface area (Å²) in [6, 6.07) is 9.38. The van der Waals surface area contributed by atoms with Gasteiger partial charge < -0.3 is 10.1 Å². The van der Waals surface area contributed by atoms with Gasteiger partial charge in [-0.3, -0.25) is 0 Å². The van der Waals surface area contributed by atoms with Crippen LogP contribution in [0.5, 0.6) is 0 Å². The molecule has 2 aliphatic rings. The third-order valence-corrected chi connectivity index (χ3v) is 4.49. The van der Waals surface area contributed by atoms with Gasteiger partial charge in [0, 0.05) is 15.9 Å². The molecule has 3 heteroatoms. The monoisotopic (exact) mass is 295 g/mol. The smallest absolute Gasteiger partial charge is 0.0586 e. The second-order valence-electron chi connectivity index (χ2n) is 5.28. The van der Waals surface area contributed by atoms with E-state index in [1.165, 1.54) is 35.8 Å². The predicted octanol–water partition coefficient (Wildman–Crippen LogP) is 2.86. The normalized spacial score (nSPS) is 26.8. The molecule has 0 radical (unpaired) electrons.